The number of methoxy groups -OCH3 is 1. The second kappa shape index (κ2) is 11.3. The Morgan fingerprint density at radius 2 is 2.08 bits per heavy atom. The average Bonchev–Trinajstić information content (AvgIpc) is 3.77. The largest absolute Gasteiger partial charge is 0.476 e. The average molecular weight is 536 g/mol. The smallest absolute Gasteiger partial charge is 0.270 e. The lowest BCUT2D eigenvalue weighted by Gasteiger charge is -2.40. The number of carbonyl (C=O) groups is 3. The third-order valence-electron chi connectivity index (χ3n) is 7.48. The first-order valence-electron chi connectivity index (χ1n) is 13.7. The molecule has 2 atom stereocenters. The molecule has 1 saturated heterocycles. The summed E-state index contributed by atoms with van der Waals surface area (Å²) >= 11 is 0. The number of hydrogen-bond acceptors (Lipinski definition) is 7. The first kappa shape index (κ1) is 27.1. The third kappa shape index (κ3) is 5.91. The van der Waals surface area contributed by atoms with Gasteiger partial charge in [-0.25, -0.2) is 0 Å². The van der Waals surface area contributed by atoms with Crippen LogP contribution in [0.1, 0.15) is 49.9 Å². The summed E-state index contributed by atoms with van der Waals surface area (Å²) < 4.78 is 11.3. The van der Waals surface area contributed by atoms with Gasteiger partial charge in [0, 0.05) is 63.5 Å². The second-order valence-corrected chi connectivity index (χ2v) is 11.0. The molecule has 1 aromatic carbocycles. The van der Waals surface area contributed by atoms with Crippen molar-refractivity contribution in [1.82, 2.24) is 15.6 Å². The van der Waals surface area contributed by atoms with Crippen LogP contribution >= 0.6 is 0 Å². The molecule has 1 aromatic heterocycles. The lowest BCUT2D eigenvalue weighted by molar-refractivity contribution is -0.132. The number of aromatic nitrogens is 1. The molecular formula is C29H37N5O5. The van der Waals surface area contributed by atoms with Gasteiger partial charge >= 0.3 is 0 Å². The summed E-state index contributed by atoms with van der Waals surface area (Å²) in [6.45, 7) is 5.73. The number of anilines is 2. The number of piperidine rings is 1. The van der Waals surface area contributed by atoms with Gasteiger partial charge in [0.15, 0.2) is 5.60 Å². The van der Waals surface area contributed by atoms with Gasteiger partial charge in [-0.15, -0.1) is 0 Å². The number of ether oxygens (including phenoxy) is 2. The molecule has 0 unspecified atom stereocenters. The van der Waals surface area contributed by atoms with Crippen LogP contribution in [0.15, 0.2) is 42.7 Å². The number of nitrogens with one attached hydrogen (secondary N) is 2. The van der Waals surface area contributed by atoms with Gasteiger partial charge in [0.25, 0.3) is 11.8 Å². The van der Waals surface area contributed by atoms with E-state index in [1.807, 2.05) is 23.1 Å². The van der Waals surface area contributed by atoms with Gasteiger partial charge in [-0.1, -0.05) is 0 Å². The van der Waals surface area contributed by atoms with E-state index in [4.69, 9.17) is 9.47 Å². The van der Waals surface area contributed by atoms with Crippen molar-refractivity contribution >= 4 is 29.1 Å². The highest BCUT2D eigenvalue weighted by molar-refractivity contribution is 6.04. The van der Waals surface area contributed by atoms with Gasteiger partial charge in [-0.05, 0) is 69.9 Å². The van der Waals surface area contributed by atoms with Crippen molar-refractivity contribution in [3.8, 4) is 5.75 Å². The molecule has 1 saturated carbocycles. The molecule has 3 heterocycles. The zero-order valence-electron chi connectivity index (χ0n) is 22.8. The zero-order valence-corrected chi connectivity index (χ0v) is 22.8. The number of rotatable bonds is 9. The predicted molar refractivity (Wildman–Crippen MR) is 147 cm³/mol. The van der Waals surface area contributed by atoms with Gasteiger partial charge in [-0.2, -0.15) is 0 Å². The highest BCUT2D eigenvalue weighted by Crippen LogP contribution is 2.42. The molecule has 2 fully saturated rings. The maximum absolute atomic E-state index is 13.9. The van der Waals surface area contributed by atoms with Crippen LogP contribution in [0.3, 0.4) is 0 Å². The first-order chi connectivity index (χ1) is 18.8. The van der Waals surface area contributed by atoms with Crippen LogP contribution in [0.5, 0.6) is 5.75 Å². The molecule has 10 heteroatoms. The molecule has 5 rings (SSSR count). The SMILES string of the molecule is COCCCN1C(=O)C(C)(C)Oc2ccc(N(C(=O)[C@H]3CNC[C@@H](NC(=O)c4cccnc4)C3)C3CC3)cc21. The molecule has 208 valence electrons. The quantitative estimate of drug-likeness (QED) is 0.475. The monoisotopic (exact) mass is 535 g/mol. The first-order valence-corrected chi connectivity index (χ1v) is 13.7. The Hall–Kier alpha value is -3.50. The fourth-order valence-corrected chi connectivity index (χ4v) is 5.35. The lowest BCUT2D eigenvalue weighted by Crippen LogP contribution is -2.53. The minimum absolute atomic E-state index is 0.0274. The van der Waals surface area contributed by atoms with Crippen LogP contribution in [0, 0.1) is 5.92 Å². The molecule has 39 heavy (non-hydrogen) atoms. The highest BCUT2D eigenvalue weighted by Gasteiger charge is 2.43. The van der Waals surface area contributed by atoms with Gasteiger partial charge < -0.3 is 29.9 Å². The summed E-state index contributed by atoms with van der Waals surface area (Å²) in [5, 5.41) is 6.37. The maximum Gasteiger partial charge on any atom is 0.270 e. The van der Waals surface area contributed by atoms with E-state index in [1.165, 1.54) is 6.20 Å². The third-order valence-corrected chi connectivity index (χ3v) is 7.48. The Morgan fingerprint density at radius 3 is 2.79 bits per heavy atom. The number of fused-ring (bicyclic) bond motifs is 1. The summed E-state index contributed by atoms with van der Waals surface area (Å²) in [6, 6.07) is 9.08. The van der Waals surface area contributed by atoms with Crippen LogP contribution in [0.2, 0.25) is 0 Å². The summed E-state index contributed by atoms with van der Waals surface area (Å²) in [7, 11) is 1.64. The normalized spacial score (nSPS) is 22.0. The van der Waals surface area contributed by atoms with Gasteiger partial charge in [0.1, 0.15) is 5.75 Å². The molecule has 10 nitrogen and oxygen atoms in total. The Bertz CT molecular complexity index is 1220. The van der Waals surface area contributed by atoms with E-state index in [0.29, 0.717) is 56.1 Å². The minimum Gasteiger partial charge on any atom is -0.476 e. The number of benzene rings is 1. The number of pyridine rings is 1. The molecule has 1 aliphatic carbocycles. The number of nitrogens with zero attached hydrogens (tertiary/aromatic N) is 3. The Morgan fingerprint density at radius 1 is 1.26 bits per heavy atom. The van der Waals surface area contributed by atoms with Crippen LogP contribution in [-0.4, -0.2) is 73.7 Å². The number of hydrogen-bond donors (Lipinski definition) is 2. The standard InChI is InChI=1S/C29H37N5O5/c1-29(2)28(37)33(12-5-13-38-3)24-15-23(9-10-25(24)39-29)34(22-7-8-22)27(36)20-14-21(18-31-17-20)32-26(35)19-6-4-11-30-16-19/h4,6,9-11,15-16,20-22,31H,5,7-8,12-14,17-18H2,1-3H3,(H,32,35)/t20-,21+/m1/s1. The Kier molecular flexibility index (Phi) is 7.86. The molecule has 0 radical (unpaired) electrons. The molecule has 3 amide bonds. The topological polar surface area (TPSA) is 113 Å². The molecule has 2 aromatic rings. The molecular weight excluding hydrogens is 498 g/mol. The maximum atomic E-state index is 13.9. The molecule has 3 aliphatic rings. The lowest BCUT2D eigenvalue weighted by atomic mass is 9.93. The molecule has 2 N–H and O–H groups in total. The number of carbonyl (C=O) groups excluding carboxylic acids is 3. The van der Waals surface area contributed by atoms with Gasteiger partial charge in [-0.3, -0.25) is 19.4 Å². The molecule has 0 spiro atoms. The van der Waals surface area contributed by atoms with E-state index < -0.39 is 5.60 Å². The highest BCUT2D eigenvalue weighted by atomic mass is 16.5. The Balaban J connectivity index is 1.35. The second-order valence-electron chi connectivity index (χ2n) is 11.0. The van der Waals surface area contributed by atoms with Gasteiger partial charge in [0.05, 0.1) is 17.2 Å². The van der Waals surface area contributed by atoms with Crippen molar-refractivity contribution in [3.05, 3.63) is 48.3 Å². The van der Waals surface area contributed by atoms with Crippen LogP contribution in [-0.2, 0) is 14.3 Å². The molecule has 2 aliphatic heterocycles. The summed E-state index contributed by atoms with van der Waals surface area (Å²) in [5.41, 5.74) is 0.955. The Labute approximate surface area is 229 Å². The van der Waals surface area contributed by atoms with Crippen molar-refractivity contribution in [2.24, 2.45) is 5.92 Å². The zero-order chi connectivity index (χ0) is 27.6. The van der Waals surface area contributed by atoms with Crippen molar-refractivity contribution in [1.29, 1.82) is 0 Å². The summed E-state index contributed by atoms with van der Waals surface area (Å²) in [5.74, 6) is 0.0550. The van der Waals surface area contributed by atoms with Gasteiger partial charge in [0.2, 0.25) is 5.91 Å². The van der Waals surface area contributed by atoms with Crippen LogP contribution in [0.25, 0.3) is 0 Å². The van der Waals surface area contributed by atoms with Crippen molar-refractivity contribution < 1.29 is 23.9 Å². The summed E-state index contributed by atoms with van der Waals surface area (Å²) in [6.07, 6.45) is 6.27. The predicted octanol–water partition coefficient (Wildman–Crippen LogP) is 2.53. The minimum atomic E-state index is -0.976. The number of amides is 3. The van der Waals surface area contributed by atoms with Crippen molar-refractivity contribution in [2.45, 2.75) is 57.2 Å². The van der Waals surface area contributed by atoms with Crippen LogP contribution in [0.4, 0.5) is 11.4 Å². The summed E-state index contributed by atoms with van der Waals surface area (Å²) in [4.78, 5) is 47.5. The van der Waals surface area contributed by atoms with E-state index >= 15 is 0 Å². The fourth-order valence-electron chi connectivity index (χ4n) is 5.35. The van der Waals surface area contributed by atoms with E-state index in [2.05, 4.69) is 15.6 Å². The van der Waals surface area contributed by atoms with E-state index in [1.54, 1.807) is 44.2 Å². The van der Waals surface area contributed by atoms with Crippen molar-refractivity contribution in [3.63, 3.8) is 0 Å². The van der Waals surface area contributed by atoms with E-state index in [0.717, 1.165) is 18.5 Å². The van der Waals surface area contributed by atoms with Crippen LogP contribution < -0.4 is 25.2 Å². The van der Waals surface area contributed by atoms with E-state index in [9.17, 15) is 14.4 Å². The fraction of sp³-hybridized carbons (Fsp3) is 0.517. The molecule has 0 bridgehead atoms. The van der Waals surface area contributed by atoms with Crippen molar-refractivity contribution in [2.75, 3.05) is 43.2 Å². The van der Waals surface area contributed by atoms with E-state index in [-0.39, 0.29) is 35.7 Å².